The van der Waals surface area contributed by atoms with Gasteiger partial charge < -0.3 is 19.7 Å². The smallest absolute Gasteiger partial charge is 0.258 e. The molecule has 1 aromatic rings. The second-order valence-corrected chi connectivity index (χ2v) is 8.68. The largest absolute Gasteiger partial charge is 0.396 e. The highest BCUT2D eigenvalue weighted by atomic mass is 16.5. The Morgan fingerprint density at radius 3 is 2.77 bits per heavy atom. The molecule has 0 aromatic carbocycles. The van der Waals surface area contributed by atoms with Crippen LogP contribution in [0.4, 0.5) is 0 Å². The Kier molecular flexibility index (Phi) is 6.41. The summed E-state index contributed by atoms with van der Waals surface area (Å²) in [5, 5.41) is 13.3. The molecular formula is C23H33N3O4. The van der Waals surface area contributed by atoms with E-state index in [9.17, 15) is 14.7 Å². The molecule has 0 unspecified atom stereocenters. The summed E-state index contributed by atoms with van der Waals surface area (Å²) in [4.78, 5) is 28.4. The number of ether oxygens (including phenoxy) is 1. The van der Waals surface area contributed by atoms with Crippen LogP contribution in [0.3, 0.4) is 0 Å². The van der Waals surface area contributed by atoms with Gasteiger partial charge in [0, 0.05) is 62.5 Å². The predicted octanol–water partition coefficient (Wildman–Crippen LogP) is 1.41. The molecule has 4 heterocycles. The van der Waals surface area contributed by atoms with Gasteiger partial charge in [-0.3, -0.25) is 14.5 Å². The molecule has 7 heteroatoms. The topological polar surface area (TPSA) is 83.8 Å². The number of allylic oxidation sites excluding steroid dienone is 1. The van der Waals surface area contributed by atoms with Gasteiger partial charge in [0.2, 0.25) is 5.91 Å². The molecule has 2 saturated heterocycles. The zero-order chi connectivity index (χ0) is 21.3. The molecule has 0 aliphatic carbocycles. The molecule has 7 nitrogen and oxygen atoms in total. The second kappa shape index (κ2) is 9.04. The lowest BCUT2D eigenvalue weighted by Gasteiger charge is -2.34. The second-order valence-electron chi connectivity index (χ2n) is 8.68. The summed E-state index contributed by atoms with van der Waals surface area (Å²) < 4.78 is 7.38. The number of likely N-dealkylation sites (N-methyl/N-ethyl adjacent to an activating group) is 1. The molecule has 0 bridgehead atoms. The fourth-order valence-corrected chi connectivity index (χ4v) is 5.64. The molecule has 30 heavy (non-hydrogen) atoms. The van der Waals surface area contributed by atoms with E-state index in [0.29, 0.717) is 24.6 Å². The molecule has 4 atom stereocenters. The number of aromatic nitrogens is 1. The number of carbonyl (C=O) groups excluding carboxylic acids is 1. The molecule has 3 aliphatic rings. The highest BCUT2D eigenvalue weighted by Crippen LogP contribution is 2.49. The van der Waals surface area contributed by atoms with Crippen molar-refractivity contribution in [3.63, 3.8) is 0 Å². The SMILES string of the molecule is C/C=C\c1ccc2n(c1=O)C[C@@H]1[C@@H](CO)[C@H](C(=O)NCC)N(CC3CCOCC3)[C@H]21. The van der Waals surface area contributed by atoms with Gasteiger partial charge in [-0.2, -0.15) is 0 Å². The average Bonchev–Trinajstić information content (AvgIpc) is 3.27. The number of aliphatic hydroxyl groups is 1. The average molecular weight is 416 g/mol. The van der Waals surface area contributed by atoms with Crippen molar-refractivity contribution in [3.05, 3.63) is 39.8 Å². The molecule has 0 saturated carbocycles. The van der Waals surface area contributed by atoms with Crippen molar-refractivity contribution in [3.8, 4) is 0 Å². The third kappa shape index (κ3) is 3.63. The number of amides is 1. The van der Waals surface area contributed by atoms with Crippen LogP contribution in [-0.4, -0.2) is 59.4 Å². The first kappa shape index (κ1) is 21.3. The monoisotopic (exact) mass is 415 g/mol. The van der Waals surface area contributed by atoms with Crippen molar-refractivity contribution >= 4 is 12.0 Å². The number of hydrogen-bond acceptors (Lipinski definition) is 5. The fraction of sp³-hybridized carbons (Fsp3) is 0.652. The Balaban J connectivity index is 1.73. The molecule has 3 aliphatic heterocycles. The van der Waals surface area contributed by atoms with Crippen LogP contribution in [0.1, 0.15) is 44.0 Å². The van der Waals surface area contributed by atoms with E-state index in [4.69, 9.17) is 4.74 Å². The number of aliphatic hydroxyl groups excluding tert-OH is 1. The van der Waals surface area contributed by atoms with Crippen LogP contribution >= 0.6 is 0 Å². The number of fused-ring (bicyclic) bond motifs is 3. The summed E-state index contributed by atoms with van der Waals surface area (Å²) in [6, 6.07) is 3.53. The molecule has 0 spiro atoms. The standard InChI is InChI=1S/C23H33N3O4/c1-3-5-16-6-7-19-20-17(13-25(19)23(16)29)18(14-27)21(22(28)24-4-2)26(20)12-15-8-10-30-11-9-15/h3,5-7,15,17-18,20-21,27H,4,8-14H2,1-2H3,(H,24,28)/b5-3-/t17-,18-,20+,21-/m1/s1. The van der Waals surface area contributed by atoms with Crippen molar-refractivity contribution in [1.29, 1.82) is 0 Å². The summed E-state index contributed by atoms with van der Waals surface area (Å²) in [6.07, 6.45) is 5.67. The quantitative estimate of drug-likeness (QED) is 0.734. The Hall–Kier alpha value is -1.96. The van der Waals surface area contributed by atoms with Crippen LogP contribution in [-0.2, 0) is 16.1 Å². The predicted molar refractivity (Wildman–Crippen MR) is 115 cm³/mol. The first-order chi connectivity index (χ1) is 14.6. The minimum Gasteiger partial charge on any atom is -0.396 e. The summed E-state index contributed by atoms with van der Waals surface area (Å²) in [5.41, 5.74) is 1.66. The zero-order valence-corrected chi connectivity index (χ0v) is 17.9. The maximum Gasteiger partial charge on any atom is 0.258 e. The van der Waals surface area contributed by atoms with E-state index >= 15 is 0 Å². The Labute approximate surface area is 177 Å². The number of rotatable bonds is 6. The van der Waals surface area contributed by atoms with Crippen molar-refractivity contribution < 1.29 is 14.6 Å². The lowest BCUT2D eigenvalue weighted by molar-refractivity contribution is -0.128. The molecule has 2 fully saturated rings. The zero-order valence-electron chi connectivity index (χ0n) is 17.9. The van der Waals surface area contributed by atoms with E-state index in [0.717, 1.165) is 38.3 Å². The van der Waals surface area contributed by atoms with Gasteiger partial charge in [0.1, 0.15) is 0 Å². The number of hydrogen-bond donors (Lipinski definition) is 2. The van der Waals surface area contributed by atoms with Crippen molar-refractivity contribution in [2.45, 2.75) is 45.3 Å². The lowest BCUT2D eigenvalue weighted by atomic mass is 9.88. The first-order valence-corrected chi connectivity index (χ1v) is 11.2. The van der Waals surface area contributed by atoms with Gasteiger partial charge in [-0.05, 0) is 44.7 Å². The Morgan fingerprint density at radius 1 is 1.33 bits per heavy atom. The van der Waals surface area contributed by atoms with Crippen LogP contribution < -0.4 is 10.9 Å². The van der Waals surface area contributed by atoms with Crippen LogP contribution in [0, 0.1) is 17.8 Å². The van der Waals surface area contributed by atoms with Gasteiger partial charge in [0.25, 0.3) is 5.56 Å². The van der Waals surface area contributed by atoms with Gasteiger partial charge in [-0.25, -0.2) is 0 Å². The maximum atomic E-state index is 13.0. The number of carbonyl (C=O) groups is 1. The van der Waals surface area contributed by atoms with Gasteiger partial charge in [0.05, 0.1) is 12.1 Å². The summed E-state index contributed by atoms with van der Waals surface area (Å²) in [7, 11) is 0. The van der Waals surface area contributed by atoms with E-state index in [1.807, 2.05) is 42.7 Å². The third-order valence-electron chi connectivity index (χ3n) is 7.00. The summed E-state index contributed by atoms with van der Waals surface area (Å²) in [6.45, 7) is 7.18. The van der Waals surface area contributed by atoms with Crippen molar-refractivity contribution in [2.24, 2.45) is 17.8 Å². The molecule has 1 amide bonds. The normalized spacial score (nSPS) is 29.3. The van der Waals surface area contributed by atoms with E-state index in [-0.39, 0.29) is 42.0 Å². The summed E-state index contributed by atoms with van der Waals surface area (Å²) in [5.74, 6) is 0.302. The molecular weight excluding hydrogens is 382 g/mol. The number of likely N-dealkylation sites (tertiary alicyclic amines) is 1. The Bertz CT molecular complexity index is 858. The van der Waals surface area contributed by atoms with Crippen molar-refractivity contribution in [1.82, 2.24) is 14.8 Å². The van der Waals surface area contributed by atoms with Crippen LogP contribution in [0.5, 0.6) is 0 Å². The highest BCUT2D eigenvalue weighted by molar-refractivity contribution is 5.82. The van der Waals surface area contributed by atoms with Gasteiger partial charge in [0.15, 0.2) is 0 Å². The molecule has 1 aromatic heterocycles. The fourth-order valence-electron chi connectivity index (χ4n) is 5.64. The Morgan fingerprint density at radius 2 is 2.10 bits per heavy atom. The number of nitrogens with zero attached hydrogens (tertiary/aromatic N) is 2. The first-order valence-electron chi connectivity index (χ1n) is 11.2. The van der Waals surface area contributed by atoms with Gasteiger partial charge >= 0.3 is 0 Å². The van der Waals surface area contributed by atoms with Gasteiger partial charge in [-0.1, -0.05) is 12.2 Å². The maximum absolute atomic E-state index is 13.0. The molecule has 164 valence electrons. The van der Waals surface area contributed by atoms with Crippen LogP contribution in [0.2, 0.25) is 0 Å². The number of pyridine rings is 1. The number of nitrogens with one attached hydrogen (secondary N) is 1. The molecule has 2 N–H and O–H groups in total. The van der Waals surface area contributed by atoms with E-state index in [1.165, 1.54) is 0 Å². The van der Waals surface area contributed by atoms with E-state index in [2.05, 4.69) is 10.2 Å². The third-order valence-corrected chi connectivity index (χ3v) is 7.00. The van der Waals surface area contributed by atoms with Crippen LogP contribution in [0.25, 0.3) is 6.08 Å². The minimum absolute atomic E-state index is 0.0114. The van der Waals surface area contributed by atoms with Gasteiger partial charge in [-0.15, -0.1) is 0 Å². The van der Waals surface area contributed by atoms with E-state index in [1.54, 1.807) is 0 Å². The molecule has 0 radical (unpaired) electrons. The summed E-state index contributed by atoms with van der Waals surface area (Å²) >= 11 is 0. The van der Waals surface area contributed by atoms with Crippen molar-refractivity contribution in [2.75, 3.05) is 32.9 Å². The van der Waals surface area contributed by atoms with E-state index < -0.39 is 0 Å². The minimum atomic E-state index is -0.369. The highest BCUT2D eigenvalue weighted by Gasteiger charge is 2.55. The van der Waals surface area contributed by atoms with Crippen LogP contribution in [0.15, 0.2) is 23.0 Å². The lowest BCUT2D eigenvalue weighted by Crippen LogP contribution is -2.49. The molecule has 4 rings (SSSR count).